The molecule has 0 saturated heterocycles. The Kier molecular flexibility index (Phi) is 5.96. The van der Waals surface area contributed by atoms with Gasteiger partial charge in [-0.3, -0.25) is 9.78 Å². The van der Waals surface area contributed by atoms with Gasteiger partial charge in [0.1, 0.15) is 5.82 Å². The summed E-state index contributed by atoms with van der Waals surface area (Å²) in [6.45, 7) is -0.390. The lowest BCUT2D eigenvalue weighted by atomic mass is 10.1. The van der Waals surface area contributed by atoms with Gasteiger partial charge >= 0.3 is 0 Å². The highest BCUT2D eigenvalue weighted by atomic mass is 35.5. The van der Waals surface area contributed by atoms with Crippen LogP contribution in [0.3, 0.4) is 0 Å². The summed E-state index contributed by atoms with van der Waals surface area (Å²) in [5, 5.41) is 11.8. The Morgan fingerprint density at radius 3 is 2.71 bits per heavy atom. The number of pyridine rings is 1. The minimum atomic E-state index is -2.88. The molecule has 0 radical (unpaired) electrons. The van der Waals surface area contributed by atoms with Crippen LogP contribution in [-0.2, 0) is 13.2 Å². The summed E-state index contributed by atoms with van der Waals surface area (Å²) < 4.78 is 41.0. The van der Waals surface area contributed by atoms with E-state index in [2.05, 4.69) is 15.3 Å². The molecule has 0 aliphatic heterocycles. The molecule has 0 aliphatic rings. The van der Waals surface area contributed by atoms with Crippen LogP contribution in [0.4, 0.5) is 19.0 Å². The lowest BCUT2D eigenvalue weighted by Crippen LogP contribution is -2.14. The lowest BCUT2D eigenvalue weighted by molar-refractivity contribution is 0.102. The maximum atomic E-state index is 13.4. The molecule has 0 aliphatic carbocycles. The van der Waals surface area contributed by atoms with E-state index in [9.17, 15) is 18.0 Å². The van der Waals surface area contributed by atoms with E-state index in [1.54, 1.807) is 10.6 Å². The molecule has 0 unspecified atom stereocenters. The van der Waals surface area contributed by atoms with Crippen molar-refractivity contribution in [3.63, 3.8) is 0 Å². The van der Waals surface area contributed by atoms with E-state index < -0.39 is 30.3 Å². The van der Waals surface area contributed by atoms with Gasteiger partial charge in [0.15, 0.2) is 5.82 Å². The number of hydrogen-bond donors (Lipinski definition) is 2. The first-order chi connectivity index (χ1) is 13.4. The van der Waals surface area contributed by atoms with E-state index >= 15 is 0 Å². The van der Waals surface area contributed by atoms with E-state index in [1.807, 2.05) is 0 Å². The van der Waals surface area contributed by atoms with Gasteiger partial charge < -0.3 is 15.0 Å². The summed E-state index contributed by atoms with van der Waals surface area (Å²) in [7, 11) is 0. The minimum Gasteiger partial charge on any atom is -0.390 e. The third kappa shape index (κ3) is 4.68. The van der Waals surface area contributed by atoms with Crippen molar-refractivity contribution in [1.82, 2.24) is 14.5 Å². The topological polar surface area (TPSA) is 80.0 Å². The van der Waals surface area contributed by atoms with Gasteiger partial charge in [0.25, 0.3) is 12.3 Å². The van der Waals surface area contributed by atoms with Crippen LogP contribution in [0.5, 0.6) is 0 Å². The molecule has 0 saturated carbocycles. The van der Waals surface area contributed by atoms with E-state index in [0.717, 1.165) is 12.3 Å². The van der Waals surface area contributed by atoms with Crippen molar-refractivity contribution in [1.29, 1.82) is 0 Å². The van der Waals surface area contributed by atoms with Crippen molar-refractivity contribution >= 4 is 23.3 Å². The van der Waals surface area contributed by atoms with Gasteiger partial charge in [-0.2, -0.15) is 0 Å². The number of aliphatic hydroxyl groups is 1. The number of carbonyl (C=O) groups is 1. The first kappa shape index (κ1) is 19.8. The highest BCUT2D eigenvalue weighted by Gasteiger charge is 2.18. The Bertz CT molecular complexity index is 990. The van der Waals surface area contributed by atoms with Gasteiger partial charge in [-0.15, -0.1) is 0 Å². The number of imidazole rings is 1. The van der Waals surface area contributed by atoms with Crippen LogP contribution in [0.2, 0.25) is 5.02 Å². The van der Waals surface area contributed by atoms with Crippen LogP contribution in [0.1, 0.15) is 33.6 Å². The first-order valence-electron chi connectivity index (χ1n) is 8.01. The molecule has 10 heteroatoms. The molecule has 1 amide bonds. The van der Waals surface area contributed by atoms with Crippen molar-refractivity contribution in [2.45, 2.75) is 19.6 Å². The van der Waals surface area contributed by atoms with Gasteiger partial charge in [-0.05, 0) is 29.8 Å². The van der Waals surface area contributed by atoms with Crippen LogP contribution in [0.25, 0.3) is 0 Å². The average molecular weight is 411 g/mol. The Hall–Kier alpha value is -2.91. The van der Waals surface area contributed by atoms with Crippen molar-refractivity contribution in [2.75, 3.05) is 5.32 Å². The molecule has 3 rings (SSSR count). The number of aliphatic hydroxyl groups excluding tert-OH is 1. The number of nitrogens with one attached hydrogen (secondary N) is 1. The molecule has 146 valence electrons. The Morgan fingerprint density at radius 1 is 1.25 bits per heavy atom. The summed E-state index contributed by atoms with van der Waals surface area (Å²) in [6, 6.07) is 5.09. The number of carbonyl (C=O) groups excluding carboxylic acids is 1. The molecule has 2 heterocycles. The SMILES string of the molecule is O=C(Nc1cn(Cc2cc(F)cc(Cl)c2)cn1)c1cnc(CO)c(C(F)F)c1. The molecular weight excluding hydrogens is 397 g/mol. The average Bonchev–Trinajstić information content (AvgIpc) is 3.06. The number of aromatic nitrogens is 3. The van der Waals surface area contributed by atoms with E-state index in [0.29, 0.717) is 5.56 Å². The lowest BCUT2D eigenvalue weighted by Gasteiger charge is -2.08. The zero-order valence-electron chi connectivity index (χ0n) is 14.2. The van der Waals surface area contributed by atoms with Crippen LogP contribution in [0.15, 0.2) is 43.0 Å². The summed E-state index contributed by atoms with van der Waals surface area (Å²) in [5.41, 5.74) is -0.196. The van der Waals surface area contributed by atoms with Crippen LogP contribution >= 0.6 is 11.6 Å². The van der Waals surface area contributed by atoms with Gasteiger partial charge in [0.2, 0.25) is 0 Å². The Balaban J connectivity index is 1.72. The van der Waals surface area contributed by atoms with Crippen molar-refractivity contribution in [3.8, 4) is 0 Å². The maximum absolute atomic E-state index is 13.4. The molecule has 2 aromatic heterocycles. The highest BCUT2D eigenvalue weighted by molar-refractivity contribution is 6.30. The normalized spacial score (nSPS) is 11.1. The van der Waals surface area contributed by atoms with Crippen LogP contribution in [0, 0.1) is 5.82 Å². The molecule has 28 heavy (non-hydrogen) atoms. The van der Waals surface area contributed by atoms with Crippen molar-refractivity contribution in [2.24, 2.45) is 0 Å². The largest absolute Gasteiger partial charge is 0.390 e. The second-order valence-electron chi connectivity index (χ2n) is 5.88. The van der Waals surface area contributed by atoms with Gasteiger partial charge in [0, 0.05) is 29.5 Å². The molecule has 3 aromatic rings. The number of hydrogen-bond acceptors (Lipinski definition) is 4. The second-order valence-corrected chi connectivity index (χ2v) is 6.32. The van der Waals surface area contributed by atoms with E-state index in [1.165, 1.54) is 24.7 Å². The standard InChI is InChI=1S/C18H14ClF3N4O2/c19-12-1-10(2-13(20)4-12)6-26-7-16(24-9-26)25-18(28)11-3-14(17(21)22)15(8-27)23-5-11/h1-5,7,9,17,27H,6,8H2,(H,25,28). The zero-order chi connectivity index (χ0) is 20.3. The zero-order valence-corrected chi connectivity index (χ0v) is 15.0. The maximum Gasteiger partial charge on any atom is 0.265 e. The van der Waals surface area contributed by atoms with Crippen molar-refractivity contribution in [3.05, 3.63) is 76.2 Å². The van der Waals surface area contributed by atoms with Crippen LogP contribution in [-0.4, -0.2) is 25.5 Å². The summed E-state index contributed by atoms with van der Waals surface area (Å²) in [4.78, 5) is 20.0. The fourth-order valence-electron chi connectivity index (χ4n) is 2.57. The van der Waals surface area contributed by atoms with Gasteiger partial charge in [-0.25, -0.2) is 18.2 Å². The second kappa shape index (κ2) is 8.41. The quantitative estimate of drug-likeness (QED) is 0.647. The molecule has 6 nitrogen and oxygen atoms in total. The summed E-state index contributed by atoms with van der Waals surface area (Å²) >= 11 is 5.82. The summed E-state index contributed by atoms with van der Waals surface area (Å²) in [5.74, 6) is -0.972. The molecule has 0 bridgehead atoms. The van der Waals surface area contributed by atoms with E-state index in [-0.39, 0.29) is 28.6 Å². The number of amides is 1. The van der Waals surface area contributed by atoms with Gasteiger partial charge in [0.05, 0.1) is 24.2 Å². The molecule has 0 spiro atoms. The van der Waals surface area contributed by atoms with Gasteiger partial charge in [-0.1, -0.05) is 11.6 Å². The highest BCUT2D eigenvalue weighted by Crippen LogP contribution is 2.23. The molecule has 1 aromatic carbocycles. The number of rotatable bonds is 6. The minimum absolute atomic E-state index is 0.0982. The number of anilines is 1. The predicted octanol–water partition coefficient (Wildman–Crippen LogP) is 3.80. The molecule has 2 N–H and O–H groups in total. The van der Waals surface area contributed by atoms with E-state index in [4.69, 9.17) is 16.7 Å². The third-order valence-corrected chi connectivity index (χ3v) is 4.03. The number of benzene rings is 1. The number of alkyl halides is 2. The van der Waals surface area contributed by atoms with Crippen molar-refractivity contribution < 1.29 is 23.1 Å². The number of halogens is 4. The smallest absolute Gasteiger partial charge is 0.265 e. The summed E-state index contributed by atoms with van der Waals surface area (Å²) in [6.07, 6.45) is 1.14. The number of nitrogens with zero attached hydrogens (tertiary/aromatic N) is 3. The Morgan fingerprint density at radius 2 is 2.04 bits per heavy atom. The molecule has 0 fully saturated rings. The predicted molar refractivity (Wildman–Crippen MR) is 95.8 cm³/mol. The molecular formula is C18H14ClF3N4O2. The fraction of sp³-hybridized carbons (Fsp3) is 0.167. The first-order valence-corrected chi connectivity index (χ1v) is 8.39. The third-order valence-electron chi connectivity index (χ3n) is 3.81. The van der Waals surface area contributed by atoms with Crippen LogP contribution < -0.4 is 5.32 Å². The molecule has 0 atom stereocenters. The monoisotopic (exact) mass is 410 g/mol. The Labute approximate surface area is 162 Å². The fourth-order valence-corrected chi connectivity index (χ4v) is 2.81.